The van der Waals surface area contributed by atoms with Gasteiger partial charge in [-0.2, -0.15) is 0 Å². The van der Waals surface area contributed by atoms with Crippen LogP contribution in [0, 0.1) is 0 Å². The maximum Gasteiger partial charge on any atom is 0.0441 e. The fourth-order valence-electron chi connectivity index (χ4n) is 3.86. The van der Waals surface area contributed by atoms with Gasteiger partial charge in [-0.25, -0.2) is 0 Å². The zero-order valence-electron chi connectivity index (χ0n) is 17.0. The smallest absolute Gasteiger partial charge is 0.0441 e. The molecule has 4 aromatic rings. The molecular formula is C26H26N2. The van der Waals surface area contributed by atoms with Gasteiger partial charge in [0.25, 0.3) is 0 Å². The number of anilines is 2. The SMILES string of the molecule is CN(C)c1ccc(/C=C/c2ccc(N(C)C)c3ccccc23)c2ccccc12. The third kappa shape index (κ3) is 3.22. The molecule has 28 heavy (non-hydrogen) atoms. The molecule has 0 aliphatic rings. The van der Waals surface area contributed by atoms with Crippen LogP contribution in [0.25, 0.3) is 33.7 Å². The van der Waals surface area contributed by atoms with E-state index < -0.39 is 0 Å². The number of nitrogens with zero attached hydrogens (tertiary/aromatic N) is 2. The molecule has 140 valence electrons. The summed E-state index contributed by atoms with van der Waals surface area (Å²) in [7, 11) is 8.37. The van der Waals surface area contributed by atoms with Gasteiger partial charge in [-0.05, 0) is 34.0 Å². The summed E-state index contributed by atoms with van der Waals surface area (Å²) in [5.74, 6) is 0. The van der Waals surface area contributed by atoms with Crippen molar-refractivity contribution in [1.29, 1.82) is 0 Å². The molecule has 0 spiro atoms. The van der Waals surface area contributed by atoms with E-state index in [-0.39, 0.29) is 0 Å². The van der Waals surface area contributed by atoms with Crippen molar-refractivity contribution in [2.45, 2.75) is 0 Å². The van der Waals surface area contributed by atoms with E-state index in [0.717, 1.165) is 0 Å². The van der Waals surface area contributed by atoms with Crippen LogP contribution in [0.4, 0.5) is 11.4 Å². The number of rotatable bonds is 4. The van der Waals surface area contributed by atoms with Gasteiger partial charge < -0.3 is 9.80 Å². The Labute approximate surface area is 167 Å². The highest BCUT2D eigenvalue weighted by molar-refractivity contribution is 6.03. The van der Waals surface area contributed by atoms with Crippen LogP contribution in [0.1, 0.15) is 11.1 Å². The van der Waals surface area contributed by atoms with Crippen LogP contribution in [0.2, 0.25) is 0 Å². The fourth-order valence-corrected chi connectivity index (χ4v) is 3.86. The lowest BCUT2D eigenvalue weighted by Crippen LogP contribution is -2.09. The van der Waals surface area contributed by atoms with Crippen LogP contribution in [0.3, 0.4) is 0 Å². The van der Waals surface area contributed by atoms with Crippen LogP contribution >= 0.6 is 0 Å². The van der Waals surface area contributed by atoms with E-state index in [2.05, 4.69) is 123 Å². The van der Waals surface area contributed by atoms with E-state index >= 15 is 0 Å². The highest BCUT2D eigenvalue weighted by Gasteiger charge is 2.07. The summed E-state index contributed by atoms with van der Waals surface area (Å²) in [4.78, 5) is 4.34. The van der Waals surface area contributed by atoms with Crippen LogP contribution in [-0.4, -0.2) is 28.2 Å². The van der Waals surface area contributed by atoms with Crippen molar-refractivity contribution in [3.8, 4) is 0 Å². The summed E-state index contributed by atoms with van der Waals surface area (Å²) >= 11 is 0. The van der Waals surface area contributed by atoms with E-state index in [1.54, 1.807) is 0 Å². The molecule has 0 N–H and O–H groups in total. The zero-order chi connectivity index (χ0) is 19.7. The summed E-state index contributed by atoms with van der Waals surface area (Å²) in [6.07, 6.45) is 4.47. The highest BCUT2D eigenvalue weighted by atomic mass is 15.1. The molecule has 0 saturated carbocycles. The lowest BCUT2D eigenvalue weighted by molar-refractivity contribution is 1.14. The standard InChI is InChI=1S/C26H26N2/c1-27(2)25-17-15-19(21-9-5-7-11-23(21)25)13-14-20-16-18-26(28(3)4)24-12-8-6-10-22(20)24/h5-18H,1-4H3/b14-13+. The fraction of sp³-hybridized carbons (Fsp3) is 0.154. The molecule has 0 amide bonds. The summed E-state index contributed by atoms with van der Waals surface area (Å²) in [5.41, 5.74) is 4.96. The summed E-state index contributed by atoms with van der Waals surface area (Å²) < 4.78 is 0. The number of hydrogen-bond acceptors (Lipinski definition) is 2. The van der Waals surface area contributed by atoms with Crippen molar-refractivity contribution in [3.63, 3.8) is 0 Å². The second-order valence-corrected chi connectivity index (χ2v) is 7.56. The topological polar surface area (TPSA) is 6.48 Å². The first kappa shape index (κ1) is 18.1. The Hall–Kier alpha value is -3.26. The lowest BCUT2D eigenvalue weighted by atomic mass is 9.99. The molecule has 2 heteroatoms. The molecule has 0 unspecified atom stereocenters. The molecule has 0 fully saturated rings. The molecule has 0 atom stereocenters. The number of hydrogen-bond donors (Lipinski definition) is 0. The first-order chi connectivity index (χ1) is 13.6. The van der Waals surface area contributed by atoms with Crippen molar-refractivity contribution in [3.05, 3.63) is 83.9 Å². The highest BCUT2D eigenvalue weighted by Crippen LogP contribution is 2.32. The Morgan fingerprint density at radius 1 is 0.464 bits per heavy atom. The van der Waals surface area contributed by atoms with Crippen molar-refractivity contribution in [1.82, 2.24) is 0 Å². The second-order valence-electron chi connectivity index (χ2n) is 7.56. The quantitative estimate of drug-likeness (QED) is 0.391. The number of benzene rings is 4. The van der Waals surface area contributed by atoms with Crippen LogP contribution in [-0.2, 0) is 0 Å². The van der Waals surface area contributed by atoms with E-state index in [0.29, 0.717) is 0 Å². The third-order valence-electron chi connectivity index (χ3n) is 5.28. The third-order valence-corrected chi connectivity index (χ3v) is 5.28. The molecule has 0 heterocycles. The van der Waals surface area contributed by atoms with E-state index in [1.165, 1.54) is 44.0 Å². The molecular weight excluding hydrogens is 340 g/mol. The van der Waals surface area contributed by atoms with Crippen molar-refractivity contribution in [2.75, 3.05) is 38.0 Å². The van der Waals surface area contributed by atoms with Gasteiger partial charge in [0.1, 0.15) is 0 Å². The largest absolute Gasteiger partial charge is 0.377 e. The molecule has 4 rings (SSSR count). The molecule has 4 aromatic carbocycles. The molecule has 0 saturated heterocycles. The van der Waals surface area contributed by atoms with Crippen molar-refractivity contribution < 1.29 is 0 Å². The minimum absolute atomic E-state index is 1.24. The van der Waals surface area contributed by atoms with Gasteiger partial charge in [-0.1, -0.05) is 72.8 Å². The first-order valence-electron chi connectivity index (χ1n) is 9.62. The maximum atomic E-state index is 2.24. The van der Waals surface area contributed by atoms with Gasteiger partial charge in [-0.3, -0.25) is 0 Å². The van der Waals surface area contributed by atoms with Gasteiger partial charge in [0.2, 0.25) is 0 Å². The van der Waals surface area contributed by atoms with Crippen molar-refractivity contribution >= 4 is 45.1 Å². The van der Waals surface area contributed by atoms with Gasteiger partial charge >= 0.3 is 0 Å². The molecule has 0 aliphatic carbocycles. The normalized spacial score (nSPS) is 11.4. The monoisotopic (exact) mass is 366 g/mol. The van der Waals surface area contributed by atoms with E-state index in [4.69, 9.17) is 0 Å². The Kier molecular flexibility index (Phi) is 4.79. The van der Waals surface area contributed by atoms with Gasteiger partial charge in [0.05, 0.1) is 0 Å². The van der Waals surface area contributed by atoms with Gasteiger partial charge in [0, 0.05) is 50.3 Å². The van der Waals surface area contributed by atoms with E-state index in [9.17, 15) is 0 Å². The Morgan fingerprint density at radius 3 is 1.18 bits per heavy atom. The van der Waals surface area contributed by atoms with Crippen LogP contribution < -0.4 is 9.80 Å². The zero-order valence-corrected chi connectivity index (χ0v) is 17.0. The van der Waals surface area contributed by atoms with Crippen LogP contribution in [0.15, 0.2) is 72.8 Å². The second kappa shape index (κ2) is 7.40. The maximum absolute atomic E-state index is 2.24. The summed E-state index contributed by atoms with van der Waals surface area (Å²) in [6, 6.07) is 26.1. The molecule has 0 aliphatic heterocycles. The Morgan fingerprint density at radius 2 is 0.821 bits per heavy atom. The van der Waals surface area contributed by atoms with Gasteiger partial charge in [-0.15, -0.1) is 0 Å². The van der Waals surface area contributed by atoms with E-state index in [1.807, 2.05) is 0 Å². The molecule has 2 nitrogen and oxygen atoms in total. The van der Waals surface area contributed by atoms with Crippen molar-refractivity contribution in [2.24, 2.45) is 0 Å². The van der Waals surface area contributed by atoms with Gasteiger partial charge in [0.15, 0.2) is 0 Å². The predicted molar refractivity (Wildman–Crippen MR) is 125 cm³/mol. The molecule has 0 aromatic heterocycles. The average Bonchev–Trinajstić information content (AvgIpc) is 2.71. The molecule has 0 bridgehead atoms. The average molecular weight is 367 g/mol. The molecule has 0 radical (unpaired) electrons. The first-order valence-corrected chi connectivity index (χ1v) is 9.62. The summed E-state index contributed by atoms with van der Waals surface area (Å²) in [6.45, 7) is 0. The van der Waals surface area contributed by atoms with Crippen LogP contribution in [0.5, 0.6) is 0 Å². The lowest BCUT2D eigenvalue weighted by Gasteiger charge is -2.17. The minimum atomic E-state index is 1.24. The summed E-state index contributed by atoms with van der Waals surface area (Å²) in [5, 5.41) is 5.11. The minimum Gasteiger partial charge on any atom is -0.377 e. The number of fused-ring (bicyclic) bond motifs is 2. The predicted octanol–water partition coefficient (Wildman–Crippen LogP) is 6.30. The Balaban J connectivity index is 1.83. The Bertz CT molecular complexity index is 1080.